The molecule has 0 radical (unpaired) electrons. The summed E-state index contributed by atoms with van der Waals surface area (Å²) in [5.41, 5.74) is 4.79. The van der Waals surface area contributed by atoms with Crippen LogP contribution in [0.25, 0.3) is 0 Å². The van der Waals surface area contributed by atoms with Crippen molar-refractivity contribution >= 4 is 0 Å². The lowest BCUT2D eigenvalue weighted by atomic mass is 9.73. The van der Waals surface area contributed by atoms with Crippen molar-refractivity contribution in [1.82, 2.24) is 0 Å². The lowest BCUT2D eigenvalue weighted by molar-refractivity contribution is -0.468. The van der Waals surface area contributed by atoms with Crippen LogP contribution in [-0.4, -0.2) is 23.3 Å². The summed E-state index contributed by atoms with van der Waals surface area (Å²) in [5, 5.41) is 11.6. The van der Waals surface area contributed by atoms with Crippen molar-refractivity contribution in [3.8, 4) is 0 Å². The van der Waals surface area contributed by atoms with Gasteiger partial charge in [0.25, 0.3) is 0 Å². The molecule has 0 rings (SSSR count). The van der Waals surface area contributed by atoms with E-state index in [-0.39, 0.29) is 5.41 Å². The molecule has 0 aromatic carbocycles. The van der Waals surface area contributed by atoms with Crippen molar-refractivity contribution in [1.29, 1.82) is 0 Å². The molecule has 0 aromatic rings. The summed E-state index contributed by atoms with van der Waals surface area (Å²) in [7, 11) is 0. The SMILES string of the molecule is CC(C)(C)CC(C)(N)C(C)(C)OCCC(C)(C)[O-]. The smallest absolute Gasteiger partial charge is 0.0802 e. The Hall–Kier alpha value is -0.120. The largest absolute Gasteiger partial charge is 0.850 e. The first-order chi connectivity index (χ1) is 7.66. The Morgan fingerprint density at radius 1 is 0.944 bits per heavy atom. The second-order valence-electron chi connectivity index (χ2n) is 8.02. The summed E-state index contributed by atoms with van der Waals surface area (Å²) >= 11 is 0. The number of nitrogens with two attached hydrogens (primary N) is 1. The molecule has 110 valence electrons. The maximum atomic E-state index is 11.6. The van der Waals surface area contributed by atoms with Crippen LogP contribution in [0.4, 0.5) is 0 Å². The van der Waals surface area contributed by atoms with E-state index in [1.54, 1.807) is 13.8 Å². The second kappa shape index (κ2) is 5.48. The van der Waals surface area contributed by atoms with E-state index in [0.29, 0.717) is 13.0 Å². The lowest BCUT2D eigenvalue weighted by Crippen LogP contribution is -2.58. The lowest BCUT2D eigenvalue weighted by Gasteiger charge is -2.45. The summed E-state index contributed by atoms with van der Waals surface area (Å²) in [4.78, 5) is 0. The van der Waals surface area contributed by atoms with Crippen LogP contribution in [0.3, 0.4) is 0 Å². The van der Waals surface area contributed by atoms with E-state index < -0.39 is 16.7 Å². The average Bonchev–Trinajstić information content (AvgIpc) is 1.94. The van der Waals surface area contributed by atoms with E-state index >= 15 is 0 Å². The van der Waals surface area contributed by atoms with E-state index in [1.807, 2.05) is 20.8 Å². The van der Waals surface area contributed by atoms with Crippen LogP contribution in [0.5, 0.6) is 0 Å². The van der Waals surface area contributed by atoms with E-state index in [4.69, 9.17) is 10.5 Å². The van der Waals surface area contributed by atoms with Crippen LogP contribution in [0, 0.1) is 5.41 Å². The van der Waals surface area contributed by atoms with E-state index in [2.05, 4.69) is 20.8 Å². The first-order valence-electron chi connectivity index (χ1n) is 6.80. The zero-order valence-electron chi connectivity index (χ0n) is 13.5. The molecule has 0 amide bonds. The van der Waals surface area contributed by atoms with Gasteiger partial charge in [-0.25, -0.2) is 0 Å². The van der Waals surface area contributed by atoms with Crippen LogP contribution >= 0.6 is 0 Å². The topological polar surface area (TPSA) is 58.3 Å². The standard InChI is InChI=1S/C15H32NO2/c1-12(2,3)11-15(8,16)14(6,7)18-10-9-13(4,5)17/h9-11,16H2,1-8H3/q-1. The molecule has 0 saturated heterocycles. The zero-order valence-corrected chi connectivity index (χ0v) is 13.5. The van der Waals surface area contributed by atoms with Gasteiger partial charge in [-0.15, -0.1) is 5.60 Å². The van der Waals surface area contributed by atoms with Crippen molar-refractivity contribution in [2.75, 3.05) is 6.61 Å². The Labute approximate surface area is 113 Å². The minimum atomic E-state index is -0.939. The molecule has 0 bridgehead atoms. The normalized spacial score (nSPS) is 17.7. The maximum Gasteiger partial charge on any atom is 0.0802 e. The Balaban J connectivity index is 4.51. The number of hydrogen-bond donors (Lipinski definition) is 1. The maximum absolute atomic E-state index is 11.6. The van der Waals surface area contributed by atoms with Gasteiger partial charge in [0.15, 0.2) is 0 Å². The molecule has 18 heavy (non-hydrogen) atoms. The van der Waals surface area contributed by atoms with Crippen molar-refractivity contribution in [2.24, 2.45) is 11.1 Å². The summed E-state index contributed by atoms with van der Waals surface area (Å²) in [6, 6.07) is 0. The fourth-order valence-electron chi connectivity index (χ4n) is 2.03. The van der Waals surface area contributed by atoms with Gasteiger partial charge in [-0.1, -0.05) is 34.6 Å². The predicted molar refractivity (Wildman–Crippen MR) is 75.4 cm³/mol. The van der Waals surface area contributed by atoms with Crippen molar-refractivity contribution in [3.63, 3.8) is 0 Å². The number of ether oxygens (including phenoxy) is 1. The molecule has 0 heterocycles. The van der Waals surface area contributed by atoms with Gasteiger partial charge in [0.1, 0.15) is 0 Å². The van der Waals surface area contributed by atoms with Crippen LogP contribution < -0.4 is 10.8 Å². The minimum Gasteiger partial charge on any atom is -0.850 e. The molecular weight excluding hydrogens is 226 g/mol. The molecule has 1 unspecified atom stereocenters. The molecule has 3 nitrogen and oxygen atoms in total. The summed E-state index contributed by atoms with van der Waals surface area (Å²) in [6.45, 7) is 16.4. The Kier molecular flexibility index (Phi) is 5.44. The molecule has 0 fully saturated rings. The second-order valence-corrected chi connectivity index (χ2v) is 8.02. The molecule has 0 aliphatic rings. The van der Waals surface area contributed by atoms with Gasteiger partial charge in [-0.05, 0) is 39.0 Å². The highest BCUT2D eigenvalue weighted by atomic mass is 16.5. The van der Waals surface area contributed by atoms with Gasteiger partial charge in [0.2, 0.25) is 0 Å². The minimum absolute atomic E-state index is 0.155. The molecule has 0 saturated carbocycles. The Morgan fingerprint density at radius 3 is 1.72 bits per heavy atom. The molecule has 3 heteroatoms. The molecule has 0 aliphatic carbocycles. The van der Waals surface area contributed by atoms with Gasteiger partial charge in [0, 0.05) is 12.1 Å². The quantitative estimate of drug-likeness (QED) is 0.796. The number of rotatable bonds is 6. The molecule has 0 aromatic heterocycles. The van der Waals surface area contributed by atoms with E-state index in [1.165, 1.54) is 0 Å². The first kappa shape index (κ1) is 17.9. The highest BCUT2D eigenvalue weighted by Gasteiger charge is 2.41. The zero-order chi connectivity index (χ0) is 14.8. The Morgan fingerprint density at radius 2 is 1.39 bits per heavy atom. The highest BCUT2D eigenvalue weighted by molar-refractivity contribution is 4.98. The van der Waals surface area contributed by atoms with Gasteiger partial charge < -0.3 is 15.6 Å². The van der Waals surface area contributed by atoms with Crippen LogP contribution in [-0.2, 0) is 4.74 Å². The van der Waals surface area contributed by atoms with E-state index in [9.17, 15) is 5.11 Å². The fourth-order valence-corrected chi connectivity index (χ4v) is 2.03. The molecule has 2 N–H and O–H groups in total. The fraction of sp³-hybridized carbons (Fsp3) is 1.00. The molecular formula is C15H32NO2-. The number of hydrogen-bond acceptors (Lipinski definition) is 3. The van der Waals surface area contributed by atoms with Gasteiger partial charge in [-0.3, -0.25) is 0 Å². The Bertz CT molecular complexity index is 257. The first-order valence-corrected chi connectivity index (χ1v) is 6.80. The third-order valence-corrected chi connectivity index (χ3v) is 3.44. The average molecular weight is 258 g/mol. The third kappa shape index (κ3) is 6.72. The van der Waals surface area contributed by atoms with Gasteiger partial charge >= 0.3 is 0 Å². The summed E-state index contributed by atoms with van der Waals surface area (Å²) in [6.07, 6.45) is 1.37. The summed E-state index contributed by atoms with van der Waals surface area (Å²) in [5.74, 6) is 0. The molecule has 0 spiro atoms. The van der Waals surface area contributed by atoms with E-state index in [0.717, 1.165) is 6.42 Å². The summed E-state index contributed by atoms with van der Waals surface area (Å²) < 4.78 is 5.89. The molecule has 1 atom stereocenters. The van der Waals surface area contributed by atoms with Crippen molar-refractivity contribution in [3.05, 3.63) is 0 Å². The van der Waals surface area contributed by atoms with Crippen LogP contribution in [0.15, 0.2) is 0 Å². The van der Waals surface area contributed by atoms with Gasteiger partial charge in [-0.2, -0.15) is 0 Å². The molecule has 0 aliphatic heterocycles. The monoisotopic (exact) mass is 258 g/mol. The van der Waals surface area contributed by atoms with Crippen molar-refractivity contribution in [2.45, 2.75) is 85.0 Å². The van der Waals surface area contributed by atoms with Crippen molar-refractivity contribution < 1.29 is 9.84 Å². The van der Waals surface area contributed by atoms with Gasteiger partial charge in [0.05, 0.1) is 5.60 Å². The highest BCUT2D eigenvalue weighted by Crippen LogP contribution is 2.34. The van der Waals surface area contributed by atoms with Crippen LogP contribution in [0.1, 0.15) is 68.2 Å². The predicted octanol–water partition coefficient (Wildman–Crippen LogP) is 2.46. The van der Waals surface area contributed by atoms with Crippen LogP contribution in [0.2, 0.25) is 0 Å². The third-order valence-electron chi connectivity index (χ3n) is 3.44.